The van der Waals surface area contributed by atoms with Crippen LogP contribution in [0.5, 0.6) is 0 Å². The number of benzene rings is 2. The third-order valence-electron chi connectivity index (χ3n) is 3.82. The Morgan fingerprint density at radius 1 is 0.762 bits per heavy atom. The van der Waals surface area contributed by atoms with Gasteiger partial charge in [0.1, 0.15) is 0 Å². The predicted molar refractivity (Wildman–Crippen MR) is 97.2 cm³/mol. The summed E-state index contributed by atoms with van der Waals surface area (Å²) in [4.78, 5) is 0. The fraction of sp³-hybridized carbons (Fsp3) is 0.250. The van der Waals surface area contributed by atoms with Crippen LogP contribution in [-0.2, 0) is 8.78 Å². The second-order valence-electron chi connectivity index (χ2n) is 6.26. The molecule has 0 amide bonds. The van der Waals surface area contributed by atoms with E-state index in [1.807, 2.05) is 36.4 Å². The lowest BCUT2D eigenvalue weighted by atomic mass is 10.4. The van der Waals surface area contributed by atoms with Crippen LogP contribution in [-0.4, -0.2) is 16.1 Å². The van der Waals surface area contributed by atoms with Crippen molar-refractivity contribution in [3.63, 3.8) is 0 Å². The van der Waals surface area contributed by atoms with Crippen molar-refractivity contribution in [2.24, 2.45) is 0 Å². The third-order valence-corrected chi connectivity index (χ3v) is 16.0. The zero-order chi connectivity index (χ0) is 15.5. The number of rotatable bonds is 5. The third kappa shape index (κ3) is 3.83. The van der Waals surface area contributed by atoms with E-state index in [0.29, 0.717) is 0 Å². The summed E-state index contributed by atoms with van der Waals surface area (Å²) in [5.74, 6) is 0. The highest BCUT2D eigenvalue weighted by Crippen LogP contribution is 2.38. The van der Waals surface area contributed by atoms with E-state index < -0.39 is 23.6 Å². The maximum Gasteiger partial charge on any atom is 0.225 e. The smallest absolute Gasteiger partial charge is 0.225 e. The molecule has 0 heterocycles. The minimum Gasteiger partial charge on any atom is -0.370 e. The van der Waals surface area contributed by atoms with E-state index in [9.17, 15) is 4.57 Å². The first-order chi connectivity index (χ1) is 9.84. The molecular formula is C16H23O2PSi2. The van der Waals surface area contributed by atoms with Crippen LogP contribution in [0.15, 0.2) is 60.7 Å². The van der Waals surface area contributed by atoms with Crippen LogP contribution in [0.3, 0.4) is 0 Å². The zero-order valence-corrected chi connectivity index (χ0v) is 16.1. The zero-order valence-electron chi connectivity index (χ0n) is 13.1. The van der Waals surface area contributed by atoms with Crippen molar-refractivity contribution < 1.29 is 8.78 Å². The molecule has 0 fully saturated rings. The number of hydrogen-bond acceptors (Lipinski definition) is 2. The monoisotopic (exact) mass is 334 g/mol. The molecule has 2 rings (SSSR count). The van der Waals surface area contributed by atoms with Gasteiger partial charge in [-0.15, -0.1) is 0 Å². The van der Waals surface area contributed by atoms with Crippen LogP contribution in [0.2, 0.25) is 26.2 Å². The summed E-state index contributed by atoms with van der Waals surface area (Å²) in [6, 6.07) is 20.4. The van der Waals surface area contributed by atoms with Gasteiger partial charge in [-0.2, -0.15) is 0 Å². The molecule has 0 aliphatic rings. The summed E-state index contributed by atoms with van der Waals surface area (Å²) in [6.07, 6.45) is 0. The molecule has 0 N–H and O–H groups in total. The Morgan fingerprint density at radius 2 is 1.19 bits per heavy atom. The van der Waals surface area contributed by atoms with Crippen LogP contribution < -0.4 is 10.4 Å². The molecule has 0 aliphatic heterocycles. The molecule has 0 bridgehead atoms. The molecule has 0 spiro atoms. The normalized spacial score (nSPS) is 13.9. The first-order valence-corrected chi connectivity index (χ1v) is 15.4. The first kappa shape index (κ1) is 16.4. The van der Waals surface area contributed by atoms with Gasteiger partial charge in [0.2, 0.25) is 8.32 Å². The van der Waals surface area contributed by atoms with E-state index in [1.165, 1.54) is 10.4 Å². The molecule has 0 aromatic heterocycles. The van der Waals surface area contributed by atoms with E-state index in [4.69, 9.17) is 4.21 Å². The molecule has 0 saturated heterocycles. The van der Waals surface area contributed by atoms with Crippen molar-refractivity contribution in [3.8, 4) is 0 Å². The van der Waals surface area contributed by atoms with Crippen molar-refractivity contribution in [1.82, 2.24) is 0 Å². The molecule has 0 saturated carbocycles. The quantitative estimate of drug-likeness (QED) is 0.615. The second kappa shape index (κ2) is 6.45. The Balaban J connectivity index is 2.21. The molecular weight excluding hydrogens is 311 g/mol. The van der Waals surface area contributed by atoms with Crippen molar-refractivity contribution in [1.29, 1.82) is 0 Å². The van der Waals surface area contributed by atoms with Gasteiger partial charge in [0.15, 0.2) is 15.3 Å². The van der Waals surface area contributed by atoms with Gasteiger partial charge < -0.3 is 8.78 Å². The van der Waals surface area contributed by atoms with Gasteiger partial charge >= 0.3 is 0 Å². The molecule has 112 valence electrons. The van der Waals surface area contributed by atoms with Gasteiger partial charge in [-0.3, -0.25) is 0 Å². The van der Waals surface area contributed by atoms with Crippen LogP contribution in [0.4, 0.5) is 0 Å². The van der Waals surface area contributed by atoms with Crippen molar-refractivity contribution in [2.75, 3.05) is 0 Å². The Labute approximate surface area is 130 Å². The molecule has 5 heteroatoms. The summed E-state index contributed by atoms with van der Waals surface area (Å²) in [5.41, 5.74) is 0. The van der Waals surface area contributed by atoms with E-state index in [2.05, 4.69) is 50.5 Å². The van der Waals surface area contributed by atoms with E-state index in [0.717, 1.165) is 0 Å². The molecule has 1 unspecified atom stereocenters. The fourth-order valence-corrected chi connectivity index (χ4v) is 13.6. The van der Waals surface area contributed by atoms with Gasteiger partial charge in [-0.25, -0.2) is 0 Å². The highest BCUT2D eigenvalue weighted by molar-refractivity contribution is 7.86. The Hall–Kier alpha value is -0.936. The SMILES string of the molecule is C[Si](C)(O[PH](=O)[Si](C)(C)c1ccccc1)c1ccccc1. The van der Waals surface area contributed by atoms with Gasteiger partial charge in [0.05, 0.1) is 0 Å². The van der Waals surface area contributed by atoms with Crippen molar-refractivity contribution in [2.45, 2.75) is 26.2 Å². The van der Waals surface area contributed by atoms with E-state index >= 15 is 0 Å². The summed E-state index contributed by atoms with van der Waals surface area (Å²) in [7, 11) is -6.26. The van der Waals surface area contributed by atoms with Gasteiger partial charge in [0.25, 0.3) is 0 Å². The Morgan fingerprint density at radius 3 is 1.67 bits per heavy atom. The molecule has 0 aliphatic carbocycles. The van der Waals surface area contributed by atoms with Crippen molar-refractivity contribution >= 4 is 34.0 Å². The summed E-state index contributed by atoms with van der Waals surface area (Å²) >= 11 is 0. The Bertz CT molecular complexity index is 613. The lowest BCUT2D eigenvalue weighted by molar-refractivity contribution is 0.520. The first-order valence-electron chi connectivity index (χ1n) is 7.18. The molecule has 21 heavy (non-hydrogen) atoms. The van der Waals surface area contributed by atoms with Gasteiger partial charge in [-0.1, -0.05) is 73.8 Å². The van der Waals surface area contributed by atoms with Crippen LogP contribution in [0, 0.1) is 0 Å². The largest absolute Gasteiger partial charge is 0.370 e. The molecule has 1 atom stereocenters. The lowest BCUT2D eigenvalue weighted by Crippen LogP contribution is -2.46. The van der Waals surface area contributed by atoms with Gasteiger partial charge in [0, 0.05) is 0 Å². The average Bonchev–Trinajstić information content (AvgIpc) is 2.48. The van der Waals surface area contributed by atoms with Gasteiger partial charge in [-0.05, 0) is 23.5 Å². The summed E-state index contributed by atoms with van der Waals surface area (Å²) in [6.45, 7) is 8.53. The van der Waals surface area contributed by atoms with Crippen LogP contribution >= 0.6 is 7.58 Å². The molecule has 2 aromatic carbocycles. The highest BCUT2D eigenvalue weighted by atomic mass is 31.4. The topological polar surface area (TPSA) is 26.3 Å². The molecule has 2 nitrogen and oxygen atoms in total. The van der Waals surface area contributed by atoms with Crippen molar-refractivity contribution in [3.05, 3.63) is 60.7 Å². The summed E-state index contributed by atoms with van der Waals surface area (Å²) < 4.78 is 19.1. The average molecular weight is 335 g/mol. The predicted octanol–water partition coefficient (Wildman–Crippen LogP) is 3.70. The maximum atomic E-state index is 12.9. The minimum atomic E-state index is -2.12. The number of hydrogen-bond donors (Lipinski definition) is 0. The maximum absolute atomic E-state index is 12.9. The minimum absolute atomic E-state index is 1.20. The Kier molecular flexibility index (Phi) is 5.04. The molecule has 0 radical (unpaired) electrons. The standard InChI is InChI=1S/C16H23O2PSi2/c1-20(2,15-11-7-5-8-12-15)18-19(17)21(3,4)16-13-9-6-10-14-16/h5-14,19H,1-4H3. The fourth-order valence-electron chi connectivity index (χ4n) is 2.23. The van der Waals surface area contributed by atoms with Crippen LogP contribution in [0.25, 0.3) is 0 Å². The van der Waals surface area contributed by atoms with E-state index in [-0.39, 0.29) is 0 Å². The second-order valence-corrected chi connectivity index (χ2v) is 20.0. The summed E-state index contributed by atoms with van der Waals surface area (Å²) in [5, 5.41) is 2.40. The lowest BCUT2D eigenvalue weighted by Gasteiger charge is -2.29. The van der Waals surface area contributed by atoms with Crippen LogP contribution in [0.1, 0.15) is 0 Å². The highest BCUT2D eigenvalue weighted by Gasteiger charge is 2.37. The molecule has 2 aromatic rings. The van der Waals surface area contributed by atoms with E-state index in [1.54, 1.807) is 0 Å².